The Morgan fingerprint density at radius 3 is 2.27 bits per heavy atom. The number of hydrogen-bond donors (Lipinski definition) is 2. The van der Waals surface area contributed by atoms with Crippen LogP contribution in [0.25, 0.3) is 0 Å². The Bertz CT molecular complexity index is 755. The van der Waals surface area contributed by atoms with E-state index in [1.165, 1.54) is 0 Å². The van der Waals surface area contributed by atoms with Crippen LogP contribution in [0.2, 0.25) is 0 Å². The molecule has 26 heavy (non-hydrogen) atoms. The lowest BCUT2D eigenvalue weighted by Gasteiger charge is -2.24. The molecule has 1 saturated carbocycles. The zero-order chi connectivity index (χ0) is 19.8. The van der Waals surface area contributed by atoms with Crippen LogP contribution >= 0.6 is 0 Å². The normalized spacial score (nSPS) is 25.5. The fourth-order valence-electron chi connectivity index (χ4n) is 3.33. The number of benzene rings is 1. The van der Waals surface area contributed by atoms with Gasteiger partial charge in [-0.25, -0.2) is 13.2 Å². The van der Waals surface area contributed by atoms with Gasteiger partial charge in [-0.3, -0.25) is 0 Å². The monoisotopic (exact) mass is 384 g/mol. The molecule has 1 aromatic rings. The molecule has 1 aliphatic rings. The van der Waals surface area contributed by atoms with E-state index in [2.05, 4.69) is 5.32 Å². The summed E-state index contributed by atoms with van der Waals surface area (Å²) in [5.74, 6) is 0.209. The Morgan fingerprint density at radius 1 is 1.27 bits per heavy atom. The first-order chi connectivity index (χ1) is 12.0. The van der Waals surface area contributed by atoms with Gasteiger partial charge in [-0.1, -0.05) is 19.1 Å². The van der Waals surface area contributed by atoms with E-state index in [-0.39, 0.29) is 12.3 Å². The smallest absolute Gasteiger partial charge is 0.408 e. The van der Waals surface area contributed by atoms with Crippen LogP contribution < -0.4 is 15.8 Å². The van der Waals surface area contributed by atoms with Crippen LogP contribution in [0.15, 0.2) is 24.3 Å². The Morgan fingerprint density at radius 2 is 1.85 bits per heavy atom. The second-order valence-corrected chi connectivity index (χ2v) is 9.91. The number of sulfone groups is 1. The van der Waals surface area contributed by atoms with Crippen LogP contribution in [-0.2, 0) is 14.6 Å². The van der Waals surface area contributed by atoms with Crippen molar-refractivity contribution in [1.82, 2.24) is 5.32 Å². The summed E-state index contributed by atoms with van der Waals surface area (Å²) < 4.78 is 35.7. The van der Waals surface area contributed by atoms with E-state index in [0.29, 0.717) is 5.75 Å². The summed E-state index contributed by atoms with van der Waals surface area (Å²) in [6.45, 7) is 6.82. The molecular weight excluding hydrogens is 356 g/mol. The van der Waals surface area contributed by atoms with Crippen molar-refractivity contribution in [3.63, 3.8) is 0 Å². The Labute approximate surface area is 155 Å². The lowest BCUT2D eigenvalue weighted by Crippen LogP contribution is -2.49. The van der Waals surface area contributed by atoms with Gasteiger partial charge < -0.3 is 20.5 Å². The second kappa shape index (κ2) is 7.08. The van der Waals surface area contributed by atoms with E-state index < -0.39 is 38.2 Å². The van der Waals surface area contributed by atoms with E-state index in [0.717, 1.165) is 5.56 Å². The largest absolute Gasteiger partial charge is 0.497 e. The average molecular weight is 384 g/mol. The van der Waals surface area contributed by atoms with E-state index in [1.807, 2.05) is 0 Å². The molecule has 7 nitrogen and oxygen atoms in total. The molecule has 8 heteroatoms. The highest BCUT2D eigenvalue weighted by Crippen LogP contribution is 2.55. The van der Waals surface area contributed by atoms with E-state index in [9.17, 15) is 13.2 Å². The second-order valence-electron chi connectivity index (χ2n) is 7.49. The third kappa shape index (κ3) is 3.96. The topological polar surface area (TPSA) is 108 Å². The number of carbonyl (C=O) groups excluding carboxylic acids is 1. The van der Waals surface area contributed by atoms with Gasteiger partial charge in [0.1, 0.15) is 11.4 Å². The fraction of sp³-hybridized carbons (Fsp3) is 0.611. The van der Waals surface area contributed by atoms with Crippen LogP contribution in [-0.4, -0.2) is 50.3 Å². The number of ether oxygens (including phenoxy) is 2. The minimum absolute atomic E-state index is 0.00711. The van der Waals surface area contributed by atoms with Crippen LogP contribution in [0.1, 0.15) is 39.2 Å². The summed E-state index contributed by atoms with van der Waals surface area (Å²) in [6.07, 6.45) is -0.671. The van der Waals surface area contributed by atoms with Gasteiger partial charge in [0.05, 0.1) is 17.9 Å². The van der Waals surface area contributed by atoms with Gasteiger partial charge in [0.15, 0.2) is 9.84 Å². The van der Waals surface area contributed by atoms with E-state index in [1.54, 1.807) is 59.1 Å². The summed E-state index contributed by atoms with van der Waals surface area (Å²) in [5.41, 5.74) is 4.96. The molecule has 0 unspecified atom stereocenters. The first-order valence-electron chi connectivity index (χ1n) is 8.57. The van der Waals surface area contributed by atoms with Gasteiger partial charge in [0, 0.05) is 18.2 Å². The van der Waals surface area contributed by atoms with Gasteiger partial charge in [-0.05, 0) is 38.5 Å². The van der Waals surface area contributed by atoms with Crippen LogP contribution in [0, 0.1) is 0 Å². The number of carbonyl (C=O) groups is 1. The summed E-state index contributed by atoms with van der Waals surface area (Å²) in [6, 6.07) is 7.13. The molecule has 1 aliphatic carbocycles. The Balaban J connectivity index is 2.38. The number of amides is 1. The lowest BCUT2D eigenvalue weighted by atomic mass is 10.1. The van der Waals surface area contributed by atoms with Gasteiger partial charge in [0.2, 0.25) is 0 Å². The summed E-state index contributed by atoms with van der Waals surface area (Å²) in [4.78, 5) is 12.3. The molecule has 3 N–H and O–H groups in total. The maximum absolute atomic E-state index is 12.6. The average Bonchev–Trinajstić information content (AvgIpc) is 3.22. The number of nitrogens with two attached hydrogens (primary N) is 1. The summed E-state index contributed by atoms with van der Waals surface area (Å²) >= 11 is 0. The van der Waals surface area contributed by atoms with Crippen molar-refractivity contribution in [1.29, 1.82) is 0 Å². The highest BCUT2D eigenvalue weighted by atomic mass is 32.2. The maximum Gasteiger partial charge on any atom is 0.408 e. The SMILES string of the molecule is CCS(=O)(=O)[C@@H]1[C@@H](c2ccc(OC)cc2)[C@]1(CN)NC(=O)OC(C)(C)C. The van der Waals surface area contributed by atoms with Crippen LogP contribution in [0.3, 0.4) is 0 Å². The van der Waals surface area contributed by atoms with Gasteiger partial charge in [0.25, 0.3) is 0 Å². The molecule has 0 aromatic heterocycles. The first-order valence-corrected chi connectivity index (χ1v) is 10.3. The highest BCUT2D eigenvalue weighted by molar-refractivity contribution is 7.92. The van der Waals surface area contributed by atoms with Crippen LogP contribution in [0.4, 0.5) is 4.79 Å². The molecule has 0 bridgehead atoms. The minimum atomic E-state index is -3.43. The van der Waals surface area contributed by atoms with Crippen molar-refractivity contribution in [2.24, 2.45) is 5.73 Å². The highest BCUT2D eigenvalue weighted by Gasteiger charge is 2.71. The van der Waals surface area contributed by atoms with E-state index >= 15 is 0 Å². The van der Waals surface area contributed by atoms with Gasteiger partial charge in [-0.2, -0.15) is 0 Å². The molecule has 0 saturated heterocycles. The molecule has 1 aromatic carbocycles. The molecule has 0 spiro atoms. The zero-order valence-electron chi connectivity index (χ0n) is 15.9. The molecule has 2 rings (SSSR count). The third-order valence-electron chi connectivity index (χ3n) is 4.59. The predicted octanol–water partition coefficient (Wildman–Crippen LogP) is 1.82. The Kier molecular flexibility index (Phi) is 5.58. The number of methoxy groups -OCH3 is 1. The number of alkyl carbamates (subject to hydrolysis) is 1. The lowest BCUT2D eigenvalue weighted by molar-refractivity contribution is 0.0497. The molecule has 1 fully saturated rings. The zero-order valence-corrected chi connectivity index (χ0v) is 16.7. The molecular formula is C18H28N2O5S. The van der Waals surface area contributed by atoms with Crippen molar-refractivity contribution < 1.29 is 22.7 Å². The number of rotatable bonds is 6. The van der Waals surface area contributed by atoms with Crippen LogP contribution in [0.5, 0.6) is 5.75 Å². The van der Waals surface area contributed by atoms with Crippen molar-refractivity contribution in [2.75, 3.05) is 19.4 Å². The quantitative estimate of drug-likeness (QED) is 0.774. The number of nitrogens with one attached hydrogen (secondary N) is 1. The summed E-state index contributed by atoms with van der Waals surface area (Å²) in [5, 5.41) is 1.96. The Hall–Kier alpha value is -1.80. The first kappa shape index (κ1) is 20.5. The van der Waals surface area contributed by atoms with Crippen molar-refractivity contribution in [3.8, 4) is 5.75 Å². The molecule has 3 atom stereocenters. The van der Waals surface area contributed by atoms with Gasteiger partial charge >= 0.3 is 6.09 Å². The van der Waals surface area contributed by atoms with Crippen molar-refractivity contribution in [3.05, 3.63) is 29.8 Å². The van der Waals surface area contributed by atoms with E-state index in [4.69, 9.17) is 15.2 Å². The summed E-state index contributed by atoms with van der Waals surface area (Å²) in [7, 11) is -1.87. The molecule has 146 valence electrons. The number of hydrogen-bond acceptors (Lipinski definition) is 6. The predicted molar refractivity (Wildman–Crippen MR) is 100 cm³/mol. The van der Waals surface area contributed by atoms with Crippen molar-refractivity contribution >= 4 is 15.9 Å². The molecule has 0 heterocycles. The molecule has 0 radical (unpaired) electrons. The molecule has 0 aliphatic heterocycles. The maximum atomic E-state index is 12.6. The third-order valence-corrected chi connectivity index (χ3v) is 6.86. The fourth-order valence-corrected chi connectivity index (χ4v) is 5.37. The standard InChI is InChI=1S/C18H28N2O5S/c1-6-26(22,23)15-14(12-7-9-13(24-5)10-8-12)18(15,11-19)20-16(21)25-17(2,3)4/h7-10,14-15H,6,11,19H2,1-5H3,(H,20,21)/t14-,15-,18+/m1/s1. The van der Waals surface area contributed by atoms with Crippen molar-refractivity contribution in [2.45, 2.75) is 50.0 Å². The van der Waals surface area contributed by atoms with Gasteiger partial charge in [-0.15, -0.1) is 0 Å². The minimum Gasteiger partial charge on any atom is -0.497 e. The molecule has 1 amide bonds.